The zero-order valence-electron chi connectivity index (χ0n) is 14.6. The molecule has 1 aliphatic heterocycles. The first-order valence-electron chi connectivity index (χ1n) is 7.91. The summed E-state index contributed by atoms with van der Waals surface area (Å²) in [6.45, 7) is 0. The molecule has 0 saturated heterocycles. The monoisotopic (exact) mass is 429 g/mol. The van der Waals surface area contributed by atoms with Crippen molar-refractivity contribution < 1.29 is 19.1 Å². The van der Waals surface area contributed by atoms with Crippen LogP contribution in [-0.2, 0) is 19.1 Å². The minimum absolute atomic E-state index is 0.0491. The number of aromatic nitrogens is 2. The maximum Gasteiger partial charge on any atom is 0.355 e. The highest BCUT2D eigenvalue weighted by atomic mass is 79.9. The number of carbonyl (C=O) groups is 2. The molecule has 0 fully saturated rings. The average molecular weight is 430 g/mol. The number of halogens is 1. The summed E-state index contributed by atoms with van der Waals surface area (Å²) in [6.07, 6.45) is 10.0. The van der Waals surface area contributed by atoms with Crippen LogP contribution in [0.15, 0.2) is 76.8 Å². The molecular weight excluding hydrogens is 414 g/mol. The number of hydrogen-bond donors (Lipinski definition) is 0. The fourth-order valence-corrected chi connectivity index (χ4v) is 2.93. The fourth-order valence-electron chi connectivity index (χ4n) is 2.65. The summed E-state index contributed by atoms with van der Waals surface area (Å²) in [5.74, 6) is -1.30. The maximum atomic E-state index is 12.6. The Balaban J connectivity index is 2.23. The molecule has 8 heteroatoms. The molecule has 0 spiro atoms. The van der Waals surface area contributed by atoms with Crippen LogP contribution in [0.5, 0.6) is 0 Å². The van der Waals surface area contributed by atoms with Gasteiger partial charge in [-0.25, -0.2) is 14.3 Å². The van der Waals surface area contributed by atoms with Crippen LogP contribution in [0.25, 0.3) is 5.69 Å². The highest BCUT2D eigenvalue weighted by Gasteiger charge is 2.28. The van der Waals surface area contributed by atoms with Gasteiger partial charge in [0, 0.05) is 12.4 Å². The smallest absolute Gasteiger partial charge is 0.355 e. The van der Waals surface area contributed by atoms with Crippen LogP contribution in [0.1, 0.15) is 0 Å². The van der Waals surface area contributed by atoms with Crippen molar-refractivity contribution in [3.05, 3.63) is 76.8 Å². The Labute approximate surface area is 164 Å². The predicted octanol–water partition coefficient (Wildman–Crippen LogP) is 3.12. The fraction of sp³-hybridized carbons (Fsp3) is 0.105. The Morgan fingerprint density at radius 1 is 1.04 bits per heavy atom. The van der Waals surface area contributed by atoms with Crippen LogP contribution in [0.2, 0.25) is 0 Å². The zero-order chi connectivity index (χ0) is 19.4. The third-order valence-electron chi connectivity index (χ3n) is 3.83. The normalized spacial score (nSPS) is 13.5. The molecule has 1 aromatic carbocycles. The van der Waals surface area contributed by atoms with Crippen molar-refractivity contribution in [1.29, 1.82) is 0 Å². The highest BCUT2D eigenvalue weighted by Crippen LogP contribution is 2.31. The molecule has 3 rings (SSSR count). The van der Waals surface area contributed by atoms with Crippen molar-refractivity contribution >= 4 is 33.6 Å². The van der Waals surface area contributed by atoms with Gasteiger partial charge in [0.25, 0.3) is 0 Å². The van der Waals surface area contributed by atoms with Gasteiger partial charge in [-0.15, -0.1) is 0 Å². The van der Waals surface area contributed by atoms with Gasteiger partial charge >= 0.3 is 11.9 Å². The number of hydrogen-bond acceptors (Lipinski definition) is 6. The molecule has 0 amide bonds. The van der Waals surface area contributed by atoms with Crippen molar-refractivity contribution in [1.82, 2.24) is 9.78 Å². The predicted molar refractivity (Wildman–Crippen MR) is 103 cm³/mol. The van der Waals surface area contributed by atoms with Gasteiger partial charge in [0.2, 0.25) is 0 Å². The number of rotatable bonds is 4. The van der Waals surface area contributed by atoms with E-state index in [1.54, 1.807) is 40.3 Å². The van der Waals surface area contributed by atoms with E-state index in [0.29, 0.717) is 11.4 Å². The number of nitrogens with zero attached hydrogens (tertiary/aromatic N) is 3. The molecule has 0 N–H and O–H groups in total. The van der Waals surface area contributed by atoms with Crippen LogP contribution < -0.4 is 4.90 Å². The summed E-state index contributed by atoms with van der Waals surface area (Å²) in [5.41, 5.74) is 1.48. The quantitative estimate of drug-likeness (QED) is 0.695. The Hall–Kier alpha value is -3.13. The van der Waals surface area contributed by atoms with Crippen molar-refractivity contribution in [3.8, 4) is 5.69 Å². The van der Waals surface area contributed by atoms with Gasteiger partial charge in [0.05, 0.1) is 41.8 Å². The third-order valence-corrected chi connectivity index (χ3v) is 4.24. The van der Waals surface area contributed by atoms with E-state index >= 15 is 0 Å². The first-order chi connectivity index (χ1) is 13.1. The number of benzene rings is 1. The molecule has 2 heterocycles. The van der Waals surface area contributed by atoms with Gasteiger partial charge in [-0.05, 0) is 40.2 Å². The molecule has 27 heavy (non-hydrogen) atoms. The summed E-state index contributed by atoms with van der Waals surface area (Å²) in [4.78, 5) is 26.4. The largest absolute Gasteiger partial charge is 0.465 e. The molecule has 0 radical (unpaired) electrons. The topological polar surface area (TPSA) is 73.7 Å². The van der Waals surface area contributed by atoms with Crippen LogP contribution in [0.4, 0.5) is 5.69 Å². The maximum absolute atomic E-state index is 12.6. The summed E-state index contributed by atoms with van der Waals surface area (Å²) >= 11 is 3.38. The van der Waals surface area contributed by atoms with E-state index in [4.69, 9.17) is 9.47 Å². The number of methoxy groups -OCH3 is 2. The molecular formula is C19H16BrN3O4. The zero-order valence-corrected chi connectivity index (χ0v) is 16.2. The van der Waals surface area contributed by atoms with Crippen molar-refractivity contribution in [2.24, 2.45) is 0 Å². The third kappa shape index (κ3) is 3.70. The van der Waals surface area contributed by atoms with Gasteiger partial charge in [0.15, 0.2) is 0 Å². The van der Waals surface area contributed by atoms with E-state index in [2.05, 4.69) is 21.0 Å². The number of anilines is 1. The van der Waals surface area contributed by atoms with Crippen LogP contribution in [-0.4, -0.2) is 35.9 Å². The van der Waals surface area contributed by atoms with E-state index < -0.39 is 11.9 Å². The van der Waals surface area contributed by atoms with E-state index in [1.165, 1.54) is 20.3 Å². The van der Waals surface area contributed by atoms with Gasteiger partial charge in [-0.1, -0.05) is 18.2 Å². The molecule has 1 aromatic heterocycles. The summed E-state index contributed by atoms with van der Waals surface area (Å²) in [7, 11) is 2.52. The Bertz CT molecular complexity index is 975. The number of ether oxygens (including phenoxy) is 2. The molecule has 1 aliphatic rings. The lowest BCUT2D eigenvalue weighted by molar-refractivity contribution is -0.139. The van der Waals surface area contributed by atoms with Gasteiger partial charge in [-0.3, -0.25) is 0 Å². The van der Waals surface area contributed by atoms with E-state index in [-0.39, 0.29) is 11.3 Å². The van der Waals surface area contributed by atoms with Gasteiger partial charge in [0.1, 0.15) is 5.70 Å². The number of allylic oxidation sites excluding steroid dienone is 2. The van der Waals surface area contributed by atoms with Crippen molar-refractivity contribution in [2.45, 2.75) is 0 Å². The first-order valence-corrected chi connectivity index (χ1v) is 8.70. The number of para-hydroxylation sites is 2. The minimum atomic E-state index is -0.664. The van der Waals surface area contributed by atoms with Gasteiger partial charge in [-0.2, -0.15) is 5.10 Å². The van der Waals surface area contributed by atoms with Crippen LogP contribution >= 0.6 is 15.9 Å². The average Bonchev–Trinajstić information content (AvgIpc) is 3.00. The van der Waals surface area contributed by atoms with Crippen LogP contribution in [0.3, 0.4) is 0 Å². The molecule has 0 aliphatic carbocycles. The lowest BCUT2D eigenvalue weighted by atomic mass is 10.1. The van der Waals surface area contributed by atoms with Gasteiger partial charge < -0.3 is 14.4 Å². The Morgan fingerprint density at radius 3 is 2.37 bits per heavy atom. The second kappa shape index (κ2) is 8.05. The SMILES string of the molecule is COC(=O)C1=C(C(=O)OC)N(c2ccccc2-n2cc(Br)cn2)C=CC=C1. The lowest BCUT2D eigenvalue weighted by Gasteiger charge is -2.25. The first kappa shape index (κ1) is 18.7. The molecule has 2 aromatic rings. The van der Waals surface area contributed by atoms with Crippen LogP contribution in [0, 0.1) is 0 Å². The second-order valence-corrected chi connectivity index (χ2v) is 6.32. The number of esters is 2. The minimum Gasteiger partial charge on any atom is -0.465 e. The molecule has 7 nitrogen and oxygen atoms in total. The summed E-state index contributed by atoms with van der Waals surface area (Å²) < 4.78 is 12.2. The second-order valence-electron chi connectivity index (χ2n) is 5.41. The van der Waals surface area contributed by atoms with E-state index in [1.807, 2.05) is 24.3 Å². The molecule has 0 saturated carbocycles. The Morgan fingerprint density at radius 2 is 1.74 bits per heavy atom. The summed E-state index contributed by atoms with van der Waals surface area (Å²) in [5, 5.41) is 4.30. The van der Waals surface area contributed by atoms with E-state index in [9.17, 15) is 9.59 Å². The molecule has 138 valence electrons. The molecule has 0 bridgehead atoms. The molecule has 0 unspecified atom stereocenters. The standard InChI is InChI=1S/C19H16BrN3O4/c1-26-18(24)14-7-5-6-10-22(17(14)19(25)27-2)15-8-3-4-9-16(15)23-12-13(20)11-21-23/h3-12H,1-2H3. The highest BCUT2D eigenvalue weighted by molar-refractivity contribution is 9.10. The summed E-state index contributed by atoms with van der Waals surface area (Å²) in [6, 6.07) is 7.36. The number of carbonyl (C=O) groups excluding carboxylic acids is 2. The van der Waals surface area contributed by atoms with E-state index in [0.717, 1.165) is 4.47 Å². The van der Waals surface area contributed by atoms with Crippen molar-refractivity contribution in [2.75, 3.05) is 19.1 Å². The lowest BCUT2D eigenvalue weighted by Crippen LogP contribution is -2.27. The molecule has 0 atom stereocenters. The van der Waals surface area contributed by atoms with Crippen molar-refractivity contribution in [3.63, 3.8) is 0 Å². The Kier molecular flexibility index (Phi) is 5.56.